The Morgan fingerprint density at radius 3 is 3.05 bits per heavy atom. The Morgan fingerprint density at radius 1 is 1.60 bits per heavy atom. The summed E-state index contributed by atoms with van der Waals surface area (Å²) in [5.74, 6) is 0. The van der Waals surface area contributed by atoms with Gasteiger partial charge in [-0.1, -0.05) is 0 Å². The summed E-state index contributed by atoms with van der Waals surface area (Å²) in [5, 5.41) is 32.3. The number of hydrogen-bond acceptors (Lipinski definition) is 6. The van der Waals surface area contributed by atoms with Crippen LogP contribution in [0.3, 0.4) is 0 Å². The third-order valence-corrected chi connectivity index (χ3v) is 3.43. The fourth-order valence-corrected chi connectivity index (χ4v) is 2.46. The van der Waals surface area contributed by atoms with Gasteiger partial charge in [0, 0.05) is 44.4 Å². The second-order valence-electron chi connectivity index (χ2n) is 4.63. The van der Waals surface area contributed by atoms with Gasteiger partial charge in [-0.3, -0.25) is 10.1 Å². The molecule has 1 aromatic carbocycles. The molecule has 7 heteroatoms. The number of nitriles is 1. The molecule has 20 heavy (non-hydrogen) atoms. The van der Waals surface area contributed by atoms with E-state index in [2.05, 4.69) is 5.32 Å². The lowest BCUT2D eigenvalue weighted by molar-refractivity contribution is -0.384. The maximum Gasteiger partial charge on any atom is 0.270 e. The van der Waals surface area contributed by atoms with Gasteiger partial charge in [-0.2, -0.15) is 5.26 Å². The topological polar surface area (TPSA) is 102 Å². The Morgan fingerprint density at radius 2 is 2.40 bits per heavy atom. The van der Waals surface area contributed by atoms with Crippen molar-refractivity contribution in [3.63, 3.8) is 0 Å². The molecule has 1 saturated heterocycles. The van der Waals surface area contributed by atoms with Crippen LogP contribution in [-0.2, 0) is 0 Å². The quantitative estimate of drug-likeness (QED) is 0.617. The molecule has 1 aliphatic heterocycles. The van der Waals surface area contributed by atoms with E-state index in [0.717, 1.165) is 13.1 Å². The SMILES string of the molecule is N#Cc1cc([N+](=O)[O-])ccc1N1CCNCC1CCO. The van der Waals surface area contributed by atoms with Crippen molar-refractivity contribution in [3.8, 4) is 6.07 Å². The van der Waals surface area contributed by atoms with Crippen LogP contribution in [-0.4, -0.2) is 42.3 Å². The van der Waals surface area contributed by atoms with Gasteiger partial charge in [-0.25, -0.2) is 0 Å². The first kappa shape index (κ1) is 14.2. The van der Waals surface area contributed by atoms with E-state index in [1.807, 2.05) is 11.0 Å². The van der Waals surface area contributed by atoms with Gasteiger partial charge >= 0.3 is 0 Å². The standard InChI is InChI=1S/C13H16N4O3/c14-8-10-7-11(17(19)20)1-2-13(10)16-5-4-15-9-12(16)3-6-18/h1-2,7,12,15,18H,3-6,9H2. The highest BCUT2D eigenvalue weighted by Crippen LogP contribution is 2.27. The maximum absolute atomic E-state index is 10.8. The lowest BCUT2D eigenvalue weighted by Gasteiger charge is -2.38. The van der Waals surface area contributed by atoms with Crippen LogP contribution >= 0.6 is 0 Å². The minimum Gasteiger partial charge on any atom is -0.396 e. The van der Waals surface area contributed by atoms with Crippen LogP contribution in [0.4, 0.5) is 11.4 Å². The summed E-state index contributed by atoms with van der Waals surface area (Å²) in [4.78, 5) is 12.3. The van der Waals surface area contributed by atoms with Gasteiger partial charge in [0.15, 0.2) is 0 Å². The highest BCUT2D eigenvalue weighted by molar-refractivity contribution is 5.63. The van der Waals surface area contributed by atoms with Gasteiger partial charge in [0.05, 0.1) is 16.2 Å². The van der Waals surface area contributed by atoms with Gasteiger partial charge in [-0.15, -0.1) is 0 Å². The molecule has 1 aliphatic rings. The number of rotatable bonds is 4. The molecule has 2 rings (SSSR count). The minimum absolute atomic E-state index is 0.0672. The molecule has 106 valence electrons. The molecule has 0 saturated carbocycles. The van der Waals surface area contributed by atoms with E-state index < -0.39 is 4.92 Å². The van der Waals surface area contributed by atoms with E-state index in [0.29, 0.717) is 24.2 Å². The maximum atomic E-state index is 10.8. The fraction of sp³-hybridized carbons (Fsp3) is 0.462. The number of aliphatic hydroxyl groups is 1. The van der Waals surface area contributed by atoms with Crippen molar-refractivity contribution < 1.29 is 10.0 Å². The molecule has 0 aromatic heterocycles. The first-order chi connectivity index (χ1) is 9.67. The molecule has 0 amide bonds. The van der Waals surface area contributed by atoms with Crippen LogP contribution in [0, 0.1) is 21.4 Å². The summed E-state index contributed by atoms with van der Waals surface area (Å²) >= 11 is 0. The van der Waals surface area contributed by atoms with E-state index in [1.165, 1.54) is 12.1 Å². The molecule has 0 radical (unpaired) electrons. The second kappa shape index (κ2) is 6.32. The predicted molar refractivity (Wildman–Crippen MR) is 73.5 cm³/mol. The van der Waals surface area contributed by atoms with Crippen molar-refractivity contribution in [2.45, 2.75) is 12.5 Å². The lowest BCUT2D eigenvalue weighted by Crippen LogP contribution is -2.52. The summed E-state index contributed by atoms with van der Waals surface area (Å²) < 4.78 is 0. The Labute approximate surface area is 116 Å². The van der Waals surface area contributed by atoms with Crippen molar-refractivity contribution in [1.82, 2.24) is 5.32 Å². The molecular formula is C13H16N4O3. The van der Waals surface area contributed by atoms with Gasteiger partial charge in [0.2, 0.25) is 0 Å². The minimum atomic E-state index is -0.506. The molecule has 1 aromatic rings. The first-order valence-corrected chi connectivity index (χ1v) is 6.44. The van der Waals surface area contributed by atoms with Crippen LogP contribution in [0.5, 0.6) is 0 Å². The molecule has 1 atom stereocenters. The number of nitro groups is 1. The van der Waals surface area contributed by atoms with Crippen LogP contribution in [0.2, 0.25) is 0 Å². The summed E-state index contributed by atoms with van der Waals surface area (Å²) in [5.41, 5.74) is 0.904. The molecule has 1 unspecified atom stereocenters. The molecule has 2 N–H and O–H groups in total. The third kappa shape index (κ3) is 2.87. The molecule has 1 heterocycles. The molecule has 1 fully saturated rings. The van der Waals surface area contributed by atoms with E-state index in [9.17, 15) is 15.4 Å². The van der Waals surface area contributed by atoms with Crippen molar-refractivity contribution in [2.75, 3.05) is 31.1 Å². The zero-order valence-electron chi connectivity index (χ0n) is 11.0. The Bertz CT molecular complexity index is 539. The van der Waals surface area contributed by atoms with Crippen molar-refractivity contribution in [1.29, 1.82) is 5.26 Å². The van der Waals surface area contributed by atoms with Gasteiger partial charge in [-0.05, 0) is 12.5 Å². The van der Waals surface area contributed by atoms with Gasteiger partial charge in [0.1, 0.15) is 6.07 Å². The second-order valence-corrected chi connectivity index (χ2v) is 4.63. The van der Waals surface area contributed by atoms with E-state index in [1.54, 1.807) is 6.07 Å². The molecule has 0 bridgehead atoms. The first-order valence-electron chi connectivity index (χ1n) is 6.44. The van der Waals surface area contributed by atoms with Gasteiger partial charge < -0.3 is 15.3 Å². The number of anilines is 1. The van der Waals surface area contributed by atoms with E-state index in [4.69, 9.17) is 5.11 Å². The monoisotopic (exact) mass is 276 g/mol. The van der Waals surface area contributed by atoms with Crippen molar-refractivity contribution in [3.05, 3.63) is 33.9 Å². The molecular weight excluding hydrogens is 260 g/mol. The van der Waals surface area contributed by atoms with Crippen LogP contribution < -0.4 is 10.2 Å². The highest BCUT2D eigenvalue weighted by atomic mass is 16.6. The van der Waals surface area contributed by atoms with Crippen molar-refractivity contribution in [2.24, 2.45) is 0 Å². The number of benzene rings is 1. The summed E-state index contributed by atoms with van der Waals surface area (Å²) in [6, 6.07) is 6.43. The molecule has 0 spiro atoms. The highest BCUT2D eigenvalue weighted by Gasteiger charge is 2.24. The summed E-state index contributed by atoms with van der Waals surface area (Å²) in [7, 11) is 0. The fourth-order valence-electron chi connectivity index (χ4n) is 2.46. The Kier molecular flexibility index (Phi) is 4.50. The number of non-ortho nitro benzene ring substituents is 1. The lowest BCUT2D eigenvalue weighted by atomic mass is 10.1. The zero-order chi connectivity index (χ0) is 14.5. The Balaban J connectivity index is 2.35. The van der Waals surface area contributed by atoms with E-state index >= 15 is 0 Å². The Hall–Kier alpha value is -2.17. The number of nitrogens with zero attached hydrogens (tertiary/aromatic N) is 3. The average molecular weight is 276 g/mol. The normalized spacial score (nSPS) is 18.6. The number of piperazine rings is 1. The number of aliphatic hydroxyl groups excluding tert-OH is 1. The largest absolute Gasteiger partial charge is 0.396 e. The number of nitro benzene ring substituents is 1. The summed E-state index contributed by atoms with van der Waals surface area (Å²) in [6.07, 6.45) is 0.592. The summed E-state index contributed by atoms with van der Waals surface area (Å²) in [6.45, 7) is 2.28. The average Bonchev–Trinajstić information content (AvgIpc) is 2.47. The van der Waals surface area contributed by atoms with Crippen LogP contribution in [0.1, 0.15) is 12.0 Å². The van der Waals surface area contributed by atoms with Crippen LogP contribution in [0.25, 0.3) is 0 Å². The van der Waals surface area contributed by atoms with E-state index in [-0.39, 0.29) is 18.3 Å². The smallest absolute Gasteiger partial charge is 0.270 e. The predicted octanol–water partition coefficient (Wildman–Crippen LogP) is 0.627. The molecule has 7 nitrogen and oxygen atoms in total. The number of hydrogen-bond donors (Lipinski definition) is 2. The van der Waals surface area contributed by atoms with Crippen LogP contribution in [0.15, 0.2) is 18.2 Å². The zero-order valence-corrected chi connectivity index (χ0v) is 11.0. The van der Waals surface area contributed by atoms with Gasteiger partial charge in [0.25, 0.3) is 5.69 Å². The molecule has 0 aliphatic carbocycles. The number of nitrogens with one attached hydrogen (secondary N) is 1. The third-order valence-electron chi connectivity index (χ3n) is 3.43. The van der Waals surface area contributed by atoms with Crippen molar-refractivity contribution >= 4 is 11.4 Å².